The molecule has 18 heavy (non-hydrogen) atoms. The average molecular weight is 271 g/mol. The van der Waals surface area contributed by atoms with Gasteiger partial charge in [-0.1, -0.05) is 44.9 Å². The number of nitrogens with two attached hydrogens (primary N) is 1. The third-order valence-electron chi connectivity index (χ3n) is 3.25. The Morgan fingerprint density at radius 2 is 1.94 bits per heavy atom. The van der Waals surface area contributed by atoms with Crippen LogP contribution in [0.5, 0.6) is 0 Å². The first kappa shape index (κ1) is 15.1. The second kappa shape index (κ2) is 6.31. The van der Waals surface area contributed by atoms with Crippen LogP contribution < -0.4 is 5.14 Å². The summed E-state index contributed by atoms with van der Waals surface area (Å²) in [4.78, 5) is 0.118. The molecule has 1 aromatic rings. The van der Waals surface area contributed by atoms with Gasteiger partial charge >= 0.3 is 0 Å². The molecule has 0 unspecified atom stereocenters. The van der Waals surface area contributed by atoms with Gasteiger partial charge in [-0.15, -0.1) is 0 Å². The van der Waals surface area contributed by atoms with Crippen molar-refractivity contribution in [2.45, 2.75) is 37.5 Å². The molecule has 0 spiro atoms. The molecule has 4 nitrogen and oxygen atoms in total. The van der Waals surface area contributed by atoms with E-state index in [4.69, 9.17) is 5.14 Å². The van der Waals surface area contributed by atoms with Crippen LogP contribution in [0.25, 0.3) is 0 Å². The molecule has 0 bridgehead atoms. The zero-order chi connectivity index (χ0) is 13.8. The highest BCUT2D eigenvalue weighted by atomic mass is 32.2. The molecule has 0 aliphatic heterocycles. The van der Waals surface area contributed by atoms with Crippen LogP contribution >= 0.6 is 0 Å². The number of primary sulfonamides is 1. The highest BCUT2D eigenvalue weighted by Gasteiger charge is 2.24. The van der Waals surface area contributed by atoms with E-state index in [-0.39, 0.29) is 23.3 Å². The fourth-order valence-corrected chi connectivity index (χ4v) is 3.10. The monoisotopic (exact) mass is 271 g/mol. The topological polar surface area (TPSA) is 80.4 Å². The SMILES string of the molecule is CCC[C@H](C)[C@H](CO)c1ccccc1S(N)(=O)=O. The van der Waals surface area contributed by atoms with Crippen molar-refractivity contribution >= 4 is 10.0 Å². The first-order chi connectivity index (χ1) is 8.41. The lowest BCUT2D eigenvalue weighted by molar-refractivity contribution is 0.224. The Labute approximate surface area is 109 Å². The van der Waals surface area contributed by atoms with Gasteiger partial charge in [0.1, 0.15) is 0 Å². The normalized spacial score (nSPS) is 15.3. The smallest absolute Gasteiger partial charge is 0.238 e. The molecule has 1 rings (SSSR count). The molecule has 0 fully saturated rings. The van der Waals surface area contributed by atoms with Crippen LogP contribution in [0.3, 0.4) is 0 Å². The molecule has 0 saturated heterocycles. The van der Waals surface area contributed by atoms with Crippen LogP contribution in [-0.4, -0.2) is 20.1 Å². The molecular formula is C13H21NO3S. The Morgan fingerprint density at radius 3 is 2.44 bits per heavy atom. The summed E-state index contributed by atoms with van der Waals surface area (Å²) in [5.74, 6) is 0.0161. The van der Waals surface area contributed by atoms with Crippen molar-refractivity contribution in [3.05, 3.63) is 29.8 Å². The summed E-state index contributed by atoms with van der Waals surface area (Å²) in [5.41, 5.74) is 0.614. The molecular weight excluding hydrogens is 250 g/mol. The maximum atomic E-state index is 11.6. The van der Waals surface area contributed by atoms with Gasteiger partial charge in [0.15, 0.2) is 0 Å². The van der Waals surface area contributed by atoms with Gasteiger partial charge in [0.05, 0.1) is 11.5 Å². The largest absolute Gasteiger partial charge is 0.396 e. The van der Waals surface area contributed by atoms with Gasteiger partial charge in [0.25, 0.3) is 0 Å². The molecule has 0 aromatic heterocycles. The van der Waals surface area contributed by atoms with E-state index in [9.17, 15) is 13.5 Å². The number of hydrogen-bond donors (Lipinski definition) is 2. The standard InChI is InChI=1S/C13H21NO3S/c1-3-6-10(2)12(9-15)11-7-4-5-8-13(11)18(14,16)17/h4-5,7-8,10,12,15H,3,6,9H2,1-2H3,(H2,14,16,17)/t10-,12-/m0/s1. The van der Waals surface area contributed by atoms with Crippen LogP contribution in [0, 0.1) is 5.92 Å². The average Bonchev–Trinajstić information content (AvgIpc) is 2.29. The van der Waals surface area contributed by atoms with E-state index in [2.05, 4.69) is 6.92 Å². The summed E-state index contributed by atoms with van der Waals surface area (Å²) in [6, 6.07) is 6.63. The van der Waals surface area contributed by atoms with Crippen LogP contribution in [0.2, 0.25) is 0 Å². The summed E-state index contributed by atoms with van der Waals surface area (Å²) in [6.07, 6.45) is 1.93. The molecule has 0 aliphatic carbocycles. The fraction of sp³-hybridized carbons (Fsp3) is 0.538. The Morgan fingerprint density at radius 1 is 1.33 bits per heavy atom. The lowest BCUT2D eigenvalue weighted by Crippen LogP contribution is -2.20. The number of sulfonamides is 1. The van der Waals surface area contributed by atoms with E-state index < -0.39 is 10.0 Å². The predicted molar refractivity (Wildman–Crippen MR) is 71.7 cm³/mol. The number of aliphatic hydroxyl groups excluding tert-OH is 1. The molecule has 5 heteroatoms. The van der Waals surface area contributed by atoms with Crippen LogP contribution in [0.15, 0.2) is 29.2 Å². The number of aliphatic hydroxyl groups is 1. The Balaban J connectivity index is 3.22. The van der Waals surface area contributed by atoms with Gasteiger partial charge in [-0.3, -0.25) is 0 Å². The third-order valence-corrected chi connectivity index (χ3v) is 4.24. The molecule has 1 aromatic carbocycles. The quantitative estimate of drug-likeness (QED) is 0.828. The molecule has 2 atom stereocenters. The van der Waals surface area contributed by atoms with Crippen molar-refractivity contribution in [1.82, 2.24) is 0 Å². The Bertz CT molecular complexity index is 485. The van der Waals surface area contributed by atoms with Crippen molar-refractivity contribution < 1.29 is 13.5 Å². The van der Waals surface area contributed by atoms with E-state index in [1.54, 1.807) is 18.2 Å². The van der Waals surface area contributed by atoms with E-state index in [0.29, 0.717) is 5.56 Å². The molecule has 102 valence electrons. The third kappa shape index (κ3) is 3.54. The number of rotatable bonds is 6. The molecule has 0 amide bonds. The number of hydrogen-bond acceptors (Lipinski definition) is 3. The van der Waals surface area contributed by atoms with Crippen molar-refractivity contribution in [1.29, 1.82) is 0 Å². The van der Waals surface area contributed by atoms with Gasteiger partial charge in [-0.05, 0) is 17.5 Å². The van der Waals surface area contributed by atoms with Crippen molar-refractivity contribution in [2.75, 3.05) is 6.61 Å². The summed E-state index contributed by atoms with van der Waals surface area (Å²) in [6.45, 7) is 4.01. The molecule has 0 saturated carbocycles. The minimum absolute atomic E-state index is 0.0757. The molecule has 3 N–H and O–H groups in total. The summed E-state index contributed by atoms with van der Waals surface area (Å²) in [7, 11) is -3.75. The van der Waals surface area contributed by atoms with E-state index in [1.165, 1.54) is 6.07 Å². The second-order valence-corrected chi connectivity index (χ2v) is 6.17. The minimum Gasteiger partial charge on any atom is -0.396 e. The zero-order valence-electron chi connectivity index (χ0n) is 10.8. The van der Waals surface area contributed by atoms with Crippen LogP contribution in [-0.2, 0) is 10.0 Å². The van der Waals surface area contributed by atoms with Gasteiger partial charge in [0.2, 0.25) is 10.0 Å². The Kier molecular flexibility index (Phi) is 5.31. The lowest BCUT2D eigenvalue weighted by atomic mass is 9.85. The van der Waals surface area contributed by atoms with Gasteiger partial charge < -0.3 is 5.11 Å². The predicted octanol–water partition coefficient (Wildman–Crippen LogP) is 1.85. The lowest BCUT2D eigenvalue weighted by Gasteiger charge is -2.23. The maximum Gasteiger partial charge on any atom is 0.238 e. The highest BCUT2D eigenvalue weighted by Crippen LogP contribution is 2.31. The molecule has 0 radical (unpaired) electrons. The molecule has 0 heterocycles. The van der Waals surface area contributed by atoms with Crippen LogP contribution in [0.1, 0.15) is 38.2 Å². The van der Waals surface area contributed by atoms with Crippen molar-refractivity contribution in [2.24, 2.45) is 11.1 Å². The van der Waals surface area contributed by atoms with Gasteiger partial charge in [-0.25, -0.2) is 13.6 Å². The second-order valence-electron chi connectivity index (χ2n) is 4.64. The van der Waals surface area contributed by atoms with Crippen molar-refractivity contribution in [3.63, 3.8) is 0 Å². The Hall–Kier alpha value is -0.910. The first-order valence-electron chi connectivity index (χ1n) is 6.14. The maximum absolute atomic E-state index is 11.6. The minimum atomic E-state index is -3.75. The van der Waals surface area contributed by atoms with E-state index in [0.717, 1.165) is 12.8 Å². The summed E-state index contributed by atoms with van der Waals surface area (Å²) < 4.78 is 23.1. The summed E-state index contributed by atoms with van der Waals surface area (Å²) >= 11 is 0. The molecule has 0 aliphatic rings. The number of benzene rings is 1. The fourth-order valence-electron chi connectivity index (χ4n) is 2.29. The zero-order valence-corrected chi connectivity index (χ0v) is 11.7. The van der Waals surface area contributed by atoms with Crippen LogP contribution in [0.4, 0.5) is 0 Å². The van der Waals surface area contributed by atoms with Gasteiger partial charge in [-0.2, -0.15) is 0 Å². The van der Waals surface area contributed by atoms with Crippen molar-refractivity contribution in [3.8, 4) is 0 Å². The summed E-state index contributed by atoms with van der Waals surface area (Å²) in [5, 5.41) is 14.7. The van der Waals surface area contributed by atoms with E-state index >= 15 is 0 Å². The highest BCUT2D eigenvalue weighted by molar-refractivity contribution is 7.89. The van der Waals surface area contributed by atoms with Gasteiger partial charge in [0, 0.05) is 5.92 Å². The van der Waals surface area contributed by atoms with E-state index in [1.807, 2.05) is 6.92 Å². The first-order valence-corrected chi connectivity index (χ1v) is 7.69.